The molecule has 0 radical (unpaired) electrons. The molecule has 3 heterocycles. The van der Waals surface area contributed by atoms with E-state index in [1.807, 2.05) is 19.2 Å². The van der Waals surface area contributed by atoms with Crippen LogP contribution >= 0.6 is 0 Å². The number of nitrogens with zero attached hydrogens (tertiary/aromatic N) is 2. The number of pyridine rings is 2. The Morgan fingerprint density at radius 2 is 1.93 bits per heavy atom. The highest BCUT2D eigenvalue weighted by Crippen LogP contribution is 2.48. The van der Waals surface area contributed by atoms with E-state index in [9.17, 15) is 14.3 Å². The quantitative estimate of drug-likeness (QED) is 0.331. The monoisotopic (exact) mass is 560 g/mol. The number of aromatic nitrogens is 2. The van der Waals surface area contributed by atoms with Gasteiger partial charge in [-0.15, -0.1) is 0 Å². The van der Waals surface area contributed by atoms with Crippen molar-refractivity contribution < 1.29 is 19.0 Å². The zero-order valence-corrected chi connectivity index (χ0v) is 24.4. The van der Waals surface area contributed by atoms with Gasteiger partial charge >= 0.3 is 0 Å². The first kappa shape index (κ1) is 29.1. The second kappa shape index (κ2) is 11.9. The first-order valence-electron chi connectivity index (χ1n) is 14.6. The number of aliphatic hydroxyl groups is 1. The zero-order valence-electron chi connectivity index (χ0n) is 24.4. The maximum absolute atomic E-state index is 13.6. The lowest BCUT2D eigenvalue weighted by molar-refractivity contribution is -0.0421. The lowest BCUT2D eigenvalue weighted by Crippen LogP contribution is -2.52. The van der Waals surface area contributed by atoms with Crippen molar-refractivity contribution in [2.45, 2.75) is 90.0 Å². The first-order chi connectivity index (χ1) is 19.5. The molecule has 2 aromatic heterocycles. The van der Waals surface area contributed by atoms with Gasteiger partial charge in [-0.25, -0.2) is 9.37 Å². The molecular weight excluding hydrogens is 519 g/mol. The summed E-state index contributed by atoms with van der Waals surface area (Å²) in [7, 11) is 0. The minimum absolute atomic E-state index is 0.0404. The second-order valence-corrected chi connectivity index (χ2v) is 12.9. The van der Waals surface area contributed by atoms with Gasteiger partial charge in [0, 0.05) is 37.0 Å². The number of carbonyl (C=O) groups is 1. The van der Waals surface area contributed by atoms with E-state index in [-0.39, 0.29) is 35.3 Å². The van der Waals surface area contributed by atoms with Crippen LogP contribution in [0, 0.1) is 18.2 Å². The van der Waals surface area contributed by atoms with E-state index in [2.05, 4.69) is 42.5 Å². The first-order valence-corrected chi connectivity index (χ1v) is 14.6. The highest BCUT2D eigenvalue weighted by atomic mass is 19.1. The number of carbonyl (C=O) groups excluding carboxylic acids is 1. The predicted octanol–water partition coefficient (Wildman–Crippen LogP) is 5.25. The maximum atomic E-state index is 13.6. The van der Waals surface area contributed by atoms with Gasteiger partial charge in [-0.1, -0.05) is 39.0 Å². The number of aliphatic hydroxyl groups excluding tert-OH is 1. The van der Waals surface area contributed by atoms with Crippen molar-refractivity contribution in [3.8, 4) is 5.88 Å². The van der Waals surface area contributed by atoms with Gasteiger partial charge < -0.3 is 20.5 Å². The van der Waals surface area contributed by atoms with Crippen LogP contribution in [-0.4, -0.2) is 45.3 Å². The number of ether oxygens (including phenoxy) is 1. The van der Waals surface area contributed by atoms with Crippen LogP contribution in [0.2, 0.25) is 0 Å². The molecule has 218 valence electrons. The van der Waals surface area contributed by atoms with Gasteiger partial charge in [-0.3, -0.25) is 9.78 Å². The zero-order chi connectivity index (χ0) is 29.2. The summed E-state index contributed by atoms with van der Waals surface area (Å²) in [4.78, 5) is 22.1. The van der Waals surface area contributed by atoms with Crippen LogP contribution < -0.4 is 15.4 Å². The van der Waals surface area contributed by atoms with Gasteiger partial charge in [0.1, 0.15) is 17.1 Å². The third-order valence-electron chi connectivity index (χ3n) is 8.15. The fraction of sp³-hybridized carbons (Fsp3) is 0.485. The molecule has 2 aliphatic rings. The summed E-state index contributed by atoms with van der Waals surface area (Å²) in [6, 6.07) is 11.3. The normalized spacial score (nSPS) is 19.0. The predicted molar refractivity (Wildman–Crippen MR) is 156 cm³/mol. The third-order valence-corrected chi connectivity index (χ3v) is 8.15. The van der Waals surface area contributed by atoms with E-state index < -0.39 is 12.1 Å². The maximum Gasteiger partial charge on any atom is 0.270 e. The minimum atomic E-state index is -0.914. The number of benzene rings is 1. The number of aryl methyl sites for hydroxylation is 1. The van der Waals surface area contributed by atoms with Crippen LogP contribution in [0.3, 0.4) is 0 Å². The fourth-order valence-corrected chi connectivity index (χ4v) is 5.87. The molecule has 0 bridgehead atoms. The molecule has 5 rings (SSSR count). The topological polar surface area (TPSA) is 96.4 Å². The molecule has 3 N–H and O–H groups in total. The van der Waals surface area contributed by atoms with Crippen LogP contribution in [0.5, 0.6) is 5.88 Å². The standard InChI is InChI=1S/C33H41FN4O3/c1-21-7-5-14-35-29(21)30(40)38-26(16-22-8-10-24(34)11-9-22)28(39)20-36-27-18-33(12-6-13-33)41-31-25(27)15-23(19-37-31)17-32(2,3)4/h5,7-11,14-15,19,26-28,36,39H,6,12-13,16-18,20H2,1-4H3,(H,38,40)/t26-,27-,28-/m0/s1. The summed E-state index contributed by atoms with van der Waals surface area (Å²) in [5.41, 5.74) is 3.96. The fourth-order valence-electron chi connectivity index (χ4n) is 5.87. The highest BCUT2D eigenvalue weighted by molar-refractivity contribution is 5.93. The van der Waals surface area contributed by atoms with Crippen LogP contribution in [0.1, 0.15) is 85.2 Å². The van der Waals surface area contributed by atoms with E-state index in [0.29, 0.717) is 18.0 Å². The molecular formula is C33H41FN4O3. The minimum Gasteiger partial charge on any atom is -0.471 e. The molecule has 0 unspecified atom stereocenters. The van der Waals surface area contributed by atoms with Crippen molar-refractivity contribution in [3.05, 3.63) is 88.6 Å². The van der Waals surface area contributed by atoms with Crippen LogP contribution in [0.4, 0.5) is 4.39 Å². The number of halogens is 1. The second-order valence-electron chi connectivity index (χ2n) is 12.9. The average molecular weight is 561 g/mol. The molecule has 3 aromatic rings. The molecule has 8 heteroatoms. The Hall–Kier alpha value is -3.36. The Morgan fingerprint density at radius 1 is 1.17 bits per heavy atom. The number of rotatable bonds is 9. The van der Waals surface area contributed by atoms with Crippen molar-refractivity contribution in [3.63, 3.8) is 0 Å². The largest absolute Gasteiger partial charge is 0.471 e. The van der Waals surface area contributed by atoms with Gasteiger partial charge in [-0.2, -0.15) is 0 Å². The number of fused-ring (bicyclic) bond motifs is 1. The Morgan fingerprint density at radius 3 is 2.59 bits per heavy atom. The molecule has 1 amide bonds. The van der Waals surface area contributed by atoms with Gasteiger partial charge in [0.25, 0.3) is 5.91 Å². The number of amides is 1. The van der Waals surface area contributed by atoms with Crippen LogP contribution in [0.15, 0.2) is 54.9 Å². The molecule has 1 aliphatic heterocycles. The molecule has 1 saturated carbocycles. The average Bonchev–Trinajstić information content (AvgIpc) is 2.90. The van der Waals surface area contributed by atoms with Crippen molar-refractivity contribution >= 4 is 5.91 Å². The Labute approximate surface area is 242 Å². The number of hydrogen-bond donors (Lipinski definition) is 3. The molecule has 0 saturated heterocycles. The lowest BCUT2D eigenvalue weighted by atomic mass is 9.73. The van der Waals surface area contributed by atoms with Crippen molar-refractivity contribution in [1.82, 2.24) is 20.6 Å². The van der Waals surface area contributed by atoms with Gasteiger partial charge in [-0.05, 0) is 85.4 Å². The van der Waals surface area contributed by atoms with E-state index in [4.69, 9.17) is 9.72 Å². The number of nitrogens with one attached hydrogen (secondary N) is 2. The Kier molecular flexibility index (Phi) is 8.43. The summed E-state index contributed by atoms with van der Waals surface area (Å²) in [5, 5.41) is 18.0. The molecule has 7 nitrogen and oxygen atoms in total. The van der Waals surface area contributed by atoms with Gasteiger partial charge in [0.15, 0.2) is 0 Å². The smallest absolute Gasteiger partial charge is 0.270 e. The number of hydrogen-bond acceptors (Lipinski definition) is 6. The summed E-state index contributed by atoms with van der Waals surface area (Å²) in [6.45, 7) is 8.70. The van der Waals surface area contributed by atoms with Crippen molar-refractivity contribution in [2.75, 3.05) is 6.54 Å². The van der Waals surface area contributed by atoms with Crippen molar-refractivity contribution in [2.24, 2.45) is 5.41 Å². The van der Waals surface area contributed by atoms with E-state index in [1.54, 1.807) is 24.4 Å². The van der Waals surface area contributed by atoms with E-state index >= 15 is 0 Å². The summed E-state index contributed by atoms with van der Waals surface area (Å²) in [5.74, 6) is -0.0132. The van der Waals surface area contributed by atoms with Gasteiger partial charge in [0.05, 0.1) is 12.1 Å². The summed E-state index contributed by atoms with van der Waals surface area (Å²) in [6.07, 6.45) is 7.73. The van der Waals surface area contributed by atoms with Crippen LogP contribution in [-0.2, 0) is 12.8 Å². The van der Waals surface area contributed by atoms with E-state index in [1.165, 1.54) is 12.1 Å². The Bertz CT molecular complexity index is 1370. The molecule has 1 aromatic carbocycles. The lowest BCUT2D eigenvalue weighted by Gasteiger charge is -2.47. The highest BCUT2D eigenvalue weighted by Gasteiger charge is 2.46. The molecule has 1 aliphatic carbocycles. The van der Waals surface area contributed by atoms with Crippen molar-refractivity contribution in [1.29, 1.82) is 0 Å². The third kappa shape index (κ3) is 7.11. The molecule has 41 heavy (non-hydrogen) atoms. The van der Waals surface area contributed by atoms with Crippen LogP contribution in [0.25, 0.3) is 0 Å². The van der Waals surface area contributed by atoms with E-state index in [0.717, 1.165) is 54.4 Å². The van der Waals surface area contributed by atoms with Gasteiger partial charge in [0.2, 0.25) is 5.88 Å². The Balaban J connectivity index is 1.35. The molecule has 3 atom stereocenters. The summed E-state index contributed by atoms with van der Waals surface area (Å²) < 4.78 is 20.0. The SMILES string of the molecule is Cc1cccnc1C(=O)N[C@@H](Cc1ccc(F)cc1)[C@@H](O)CN[C@H]1CC2(CCC2)Oc2ncc(CC(C)(C)C)cc21. The molecule has 1 spiro atoms. The molecule has 1 fully saturated rings. The summed E-state index contributed by atoms with van der Waals surface area (Å²) >= 11 is 0.